The molecule has 0 saturated carbocycles. The van der Waals surface area contributed by atoms with E-state index in [0.717, 1.165) is 96.3 Å². The van der Waals surface area contributed by atoms with E-state index in [2.05, 4.69) is 81.5 Å². The molecule has 0 rings (SSSR count). The van der Waals surface area contributed by atoms with Gasteiger partial charge in [-0.1, -0.05) is 326 Å². The van der Waals surface area contributed by atoms with E-state index in [4.69, 9.17) is 14.2 Å². The van der Waals surface area contributed by atoms with Gasteiger partial charge in [0, 0.05) is 19.3 Å². The number of unbranched alkanes of at least 4 members (excludes halogenated alkanes) is 43. The summed E-state index contributed by atoms with van der Waals surface area (Å²) in [6.07, 6.45) is 86.7. The predicted octanol–water partition coefficient (Wildman–Crippen LogP) is 23.9. The number of rotatable bonds is 64. The van der Waals surface area contributed by atoms with E-state index in [9.17, 15) is 14.4 Å². The van der Waals surface area contributed by atoms with Gasteiger partial charge in [-0.25, -0.2) is 0 Å². The van der Waals surface area contributed by atoms with Crippen molar-refractivity contribution in [1.29, 1.82) is 0 Å². The van der Waals surface area contributed by atoms with Crippen LogP contribution in [0.3, 0.4) is 0 Å². The van der Waals surface area contributed by atoms with Crippen LogP contribution in [0.15, 0.2) is 60.8 Å². The van der Waals surface area contributed by atoms with Crippen LogP contribution in [0.5, 0.6) is 0 Å². The van der Waals surface area contributed by atoms with Crippen LogP contribution < -0.4 is 0 Å². The van der Waals surface area contributed by atoms with Crippen LogP contribution in [-0.4, -0.2) is 37.2 Å². The van der Waals surface area contributed by atoms with Crippen LogP contribution in [0.25, 0.3) is 0 Å². The number of allylic oxidation sites excluding steroid dienone is 10. The summed E-state index contributed by atoms with van der Waals surface area (Å²) in [5.41, 5.74) is 0. The van der Waals surface area contributed by atoms with Crippen molar-refractivity contribution in [3.05, 3.63) is 60.8 Å². The Morgan fingerprint density at radius 2 is 0.494 bits per heavy atom. The Labute approximate surface area is 491 Å². The summed E-state index contributed by atoms with van der Waals surface area (Å²) in [4.78, 5) is 38.4. The Hall–Kier alpha value is -2.89. The SMILES string of the molecule is CC/C=C\C/C=C\C/C=C\C/C=C\CCCCCCC(=O)OCC(COC(=O)CCCCCCCCCCCCCCC/C=C\CCCCCCCCCC)OC(=O)CCCCCCCCCCCCCCCCCCCCC. The number of esters is 3. The quantitative estimate of drug-likeness (QED) is 0.0261. The lowest BCUT2D eigenvalue weighted by atomic mass is 10.0. The summed E-state index contributed by atoms with van der Waals surface area (Å²) < 4.78 is 17.0. The lowest BCUT2D eigenvalue weighted by Gasteiger charge is -2.18. The molecule has 0 saturated heterocycles. The zero-order chi connectivity index (χ0) is 57.1. The third-order valence-electron chi connectivity index (χ3n) is 15.5. The summed E-state index contributed by atoms with van der Waals surface area (Å²) in [5.74, 6) is -0.879. The molecular formula is C73H132O6. The second kappa shape index (κ2) is 67.6. The first kappa shape index (κ1) is 76.1. The predicted molar refractivity (Wildman–Crippen MR) is 344 cm³/mol. The maximum Gasteiger partial charge on any atom is 0.306 e. The average Bonchev–Trinajstić information content (AvgIpc) is 3.45. The summed E-state index contributed by atoms with van der Waals surface area (Å²) in [6, 6.07) is 0. The van der Waals surface area contributed by atoms with Crippen molar-refractivity contribution in [3.8, 4) is 0 Å². The van der Waals surface area contributed by atoms with Gasteiger partial charge in [0.15, 0.2) is 6.10 Å². The average molecular weight is 1110 g/mol. The Morgan fingerprint density at radius 3 is 0.785 bits per heavy atom. The van der Waals surface area contributed by atoms with E-state index in [0.29, 0.717) is 19.3 Å². The van der Waals surface area contributed by atoms with E-state index in [1.54, 1.807) is 0 Å². The number of hydrogen-bond donors (Lipinski definition) is 0. The summed E-state index contributed by atoms with van der Waals surface area (Å²) in [7, 11) is 0. The molecule has 79 heavy (non-hydrogen) atoms. The molecule has 1 atom stereocenters. The van der Waals surface area contributed by atoms with Crippen LogP contribution in [-0.2, 0) is 28.6 Å². The summed E-state index contributed by atoms with van der Waals surface area (Å²) in [6.45, 7) is 6.57. The van der Waals surface area contributed by atoms with Gasteiger partial charge in [0.25, 0.3) is 0 Å². The van der Waals surface area contributed by atoms with Crippen molar-refractivity contribution in [2.24, 2.45) is 0 Å². The zero-order valence-electron chi connectivity index (χ0n) is 52.9. The topological polar surface area (TPSA) is 78.9 Å². The van der Waals surface area contributed by atoms with E-state index in [1.165, 1.54) is 231 Å². The van der Waals surface area contributed by atoms with Gasteiger partial charge in [0.2, 0.25) is 0 Å². The van der Waals surface area contributed by atoms with Gasteiger partial charge in [0.05, 0.1) is 0 Å². The molecule has 0 aliphatic rings. The van der Waals surface area contributed by atoms with Crippen molar-refractivity contribution in [2.45, 2.75) is 374 Å². The second-order valence-electron chi connectivity index (χ2n) is 23.4. The number of carbonyl (C=O) groups is 3. The molecule has 6 nitrogen and oxygen atoms in total. The third kappa shape index (κ3) is 65.8. The highest BCUT2D eigenvalue weighted by Gasteiger charge is 2.19. The van der Waals surface area contributed by atoms with Crippen molar-refractivity contribution in [1.82, 2.24) is 0 Å². The van der Waals surface area contributed by atoms with E-state index in [1.807, 2.05) is 0 Å². The standard InChI is InChI=1S/C73H132O6/c1-4-7-10-13-16-19-22-25-28-31-33-34-35-36-37-38-40-42-45-48-51-54-57-60-63-66-72(75)78-69-70(68-77-71(74)65-62-59-56-53-50-47-44-41-30-27-24-21-18-15-12-9-6-3)79-73(76)67-64-61-58-55-52-49-46-43-39-32-29-26-23-20-17-14-11-8-5-2/h9,12,18,21,27,30-31,33,44,47,70H,4-8,10-11,13-17,19-20,22-26,28-29,32,34-43,45-46,48-69H2,1-3H3/b12-9-,21-18-,30-27-,33-31-,47-44-. The summed E-state index contributed by atoms with van der Waals surface area (Å²) in [5, 5.41) is 0. The first-order valence-corrected chi connectivity index (χ1v) is 34.8. The molecule has 460 valence electrons. The van der Waals surface area contributed by atoms with E-state index in [-0.39, 0.29) is 31.1 Å². The molecule has 0 spiro atoms. The van der Waals surface area contributed by atoms with Gasteiger partial charge in [0.1, 0.15) is 13.2 Å². The third-order valence-corrected chi connectivity index (χ3v) is 15.5. The smallest absolute Gasteiger partial charge is 0.306 e. The number of carbonyl (C=O) groups excluding carboxylic acids is 3. The fraction of sp³-hybridized carbons (Fsp3) is 0.822. The van der Waals surface area contributed by atoms with Crippen LogP contribution in [0.4, 0.5) is 0 Å². The van der Waals surface area contributed by atoms with Gasteiger partial charge < -0.3 is 14.2 Å². The fourth-order valence-corrected chi connectivity index (χ4v) is 10.3. The number of hydrogen-bond acceptors (Lipinski definition) is 6. The van der Waals surface area contributed by atoms with Crippen LogP contribution >= 0.6 is 0 Å². The molecule has 0 heterocycles. The van der Waals surface area contributed by atoms with Gasteiger partial charge in [-0.3, -0.25) is 14.4 Å². The molecule has 0 aromatic carbocycles. The van der Waals surface area contributed by atoms with Crippen molar-refractivity contribution in [2.75, 3.05) is 13.2 Å². The Kier molecular flexibility index (Phi) is 65.1. The first-order valence-electron chi connectivity index (χ1n) is 34.8. The highest BCUT2D eigenvalue weighted by atomic mass is 16.6. The Balaban J connectivity index is 4.32. The molecule has 0 amide bonds. The summed E-state index contributed by atoms with van der Waals surface area (Å²) >= 11 is 0. The van der Waals surface area contributed by atoms with Gasteiger partial charge >= 0.3 is 17.9 Å². The molecular weight excluding hydrogens is 973 g/mol. The maximum atomic E-state index is 12.9. The lowest BCUT2D eigenvalue weighted by molar-refractivity contribution is -0.167. The minimum absolute atomic E-state index is 0.0782. The van der Waals surface area contributed by atoms with E-state index < -0.39 is 6.10 Å². The minimum atomic E-state index is -0.784. The van der Waals surface area contributed by atoms with Crippen LogP contribution in [0, 0.1) is 0 Å². The Morgan fingerprint density at radius 1 is 0.266 bits per heavy atom. The normalized spacial score (nSPS) is 12.4. The van der Waals surface area contributed by atoms with Crippen molar-refractivity contribution >= 4 is 17.9 Å². The van der Waals surface area contributed by atoms with E-state index >= 15 is 0 Å². The largest absolute Gasteiger partial charge is 0.462 e. The molecule has 0 aliphatic carbocycles. The van der Waals surface area contributed by atoms with Gasteiger partial charge in [-0.05, 0) is 83.5 Å². The molecule has 0 N–H and O–H groups in total. The number of ether oxygens (including phenoxy) is 3. The van der Waals surface area contributed by atoms with Gasteiger partial charge in [-0.2, -0.15) is 0 Å². The van der Waals surface area contributed by atoms with Crippen molar-refractivity contribution in [3.63, 3.8) is 0 Å². The maximum absolute atomic E-state index is 12.9. The lowest BCUT2D eigenvalue weighted by Crippen LogP contribution is -2.30. The molecule has 6 heteroatoms. The molecule has 0 radical (unpaired) electrons. The highest BCUT2D eigenvalue weighted by molar-refractivity contribution is 5.71. The molecule has 0 aromatic heterocycles. The molecule has 0 aromatic rings. The van der Waals surface area contributed by atoms with Gasteiger partial charge in [-0.15, -0.1) is 0 Å². The zero-order valence-corrected chi connectivity index (χ0v) is 52.9. The van der Waals surface area contributed by atoms with Crippen molar-refractivity contribution < 1.29 is 28.6 Å². The highest BCUT2D eigenvalue weighted by Crippen LogP contribution is 2.18. The Bertz CT molecular complexity index is 1410. The fourth-order valence-electron chi connectivity index (χ4n) is 10.3. The van der Waals surface area contributed by atoms with Crippen LogP contribution in [0.2, 0.25) is 0 Å². The second-order valence-corrected chi connectivity index (χ2v) is 23.4. The first-order chi connectivity index (χ1) is 39.0. The molecule has 0 bridgehead atoms. The molecule has 0 fully saturated rings. The monoisotopic (exact) mass is 1110 g/mol. The minimum Gasteiger partial charge on any atom is -0.462 e. The molecule has 0 aliphatic heterocycles. The van der Waals surface area contributed by atoms with Crippen LogP contribution in [0.1, 0.15) is 367 Å². The molecule has 1 unspecified atom stereocenters.